The van der Waals surface area contributed by atoms with Crippen molar-refractivity contribution in [2.75, 3.05) is 17.2 Å². The lowest BCUT2D eigenvalue weighted by Crippen LogP contribution is -2.20. The number of anilines is 2. The van der Waals surface area contributed by atoms with Gasteiger partial charge < -0.3 is 15.4 Å². The van der Waals surface area contributed by atoms with E-state index in [1.165, 1.54) is 4.88 Å². The van der Waals surface area contributed by atoms with Crippen molar-refractivity contribution in [3.63, 3.8) is 0 Å². The number of fused-ring (bicyclic) bond motifs is 1. The number of aryl methyl sites for hydroxylation is 1. The Morgan fingerprint density at radius 2 is 2.04 bits per heavy atom. The molecular formula is C18H19ClN2O2S2. The predicted octanol–water partition coefficient (Wildman–Crippen LogP) is 5.27. The van der Waals surface area contributed by atoms with Gasteiger partial charge in [0.2, 0.25) is 0 Å². The number of thiophene rings is 1. The summed E-state index contributed by atoms with van der Waals surface area (Å²) in [6.45, 7) is 2.17. The Morgan fingerprint density at radius 1 is 1.28 bits per heavy atom. The van der Waals surface area contributed by atoms with E-state index in [1.807, 2.05) is 25.1 Å². The summed E-state index contributed by atoms with van der Waals surface area (Å²) >= 11 is 13.1. The van der Waals surface area contributed by atoms with Gasteiger partial charge in [0, 0.05) is 4.88 Å². The van der Waals surface area contributed by atoms with Gasteiger partial charge in [-0.05, 0) is 62.5 Å². The first-order valence-corrected chi connectivity index (χ1v) is 9.84. The molecule has 2 N–H and O–H groups in total. The number of esters is 1. The second-order valence-electron chi connectivity index (χ2n) is 5.69. The second-order valence-corrected chi connectivity index (χ2v) is 7.62. The average Bonchev–Trinajstić information content (AvgIpc) is 2.95. The Labute approximate surface area is 161 Å². The molecule has 0 fully saturated rings. The Bertz CT molecular complexity index is 804. The fourth-order valence-electron chi connectivity index (χ4n) is 2.89. The van der Waals surface area contributed by atoms with E-state index in [2.05, 4.69) is 10.6 Å². The van der Waals surface area contributed by atoms with Crippen LogP contribution in [-0.2, 0) is 17.6 Å². The normalized spacial score (nSPS) is 13.0. The lowest BCUT2D eigenvalue weighted by atomic mass is 9.95. The van der Waals surface area contributed by atoms with E-state index in [4.69, 9.17) is 28.6 Å². The van der Waals surface area contributed by atoms with Crippen LogP contribution in [0.15, 0.2) is 24.3 Å². The van der Waals surface area contributed by atoms with Gasteiger partial charge in [-0.1, -0.05) is 23.7 Å². The van der Waals surface area contributed by atoms with E-state index in [1.54, 1.807) is 17.4 Å². The molecule has 0 unspecified atom stereocenters. The number of ether oxygens (including phenoxy) is 1. The molecule has 0 aliphatic heterocycles. The van der Waals surface area contributed by atoms with E-state index < -0.39 is 0 Å². The number of hydrogen-bond acceptors (Lipinski definition) is 4. The zero-order valence-electron chi connectivity index (χ0n) is 13.9. The third-order valence-electron chi connectivity index (χ3n) is 4.00. The molecule has 1 heterocycles. The van der Waals surface area contributed by atoms with Crippen LogP contribution in [0.4, 0.5) is 10.7 Å². The van der Waals surface area contributed by atoms with Crippen molar-refractivity contribution in [3.8, 4) is 0 Å². The number of halogens is 1. The number of thiocarbonyl (C=S) groups is 1. The molecule has 25 heavy (non-hydrogen) atoms. The highest BCUT2D eigenvalue weighted by molar-refractivity contribution is 7.80. The smallest absolute Gasteiger partial charge is 0.341 e. The zero-order chi connectivity index (χ0) is 17.8. The molecular weight excluding hydrogens is 376 g/mol. The van der Waals surface area contributed by atoms with Gasteiger partial charge in [-0.25, -0.2) is 4.79 Å². The maximum atomic E-state index is 12.5. The van der Waals surface area contributed by atoms with Crippen molar-refractivity contribution in [2.45, 2.75) is 32.6 Å². The highest BCUT2D eigenvalue weighted by Gasteiger charge is 2.26. The molecule has 132 valence electrons. The van der Waals surface area contributed by atoms with Crippen molar-refractivity contribution in [1.29, 1.82) is 0 Å². The quantitative estimate of drug-likeness (QED) is 0.546. The number of para-hydroxylation sites is 1. The summed E-state index contributed by atoms with van der Waals surface area (Å²) in [5.74, 6) is -0.287. The molecule has 1 aliphatic rings. The van der Waals surface area contributed by atoms with Crippen LogP contribution >= 0.6 is 35.2 Å². The number of hydrogen-bond donors (Lipinski definition) is 2. The van der Waals surface area contributed by atoms with Crippen molar-refractivity contribution in [3.05, 3.63) is 45.3 Å². The SMILES string of the molecule is CCOC(=O)c1c(NC(=S)Nc2ccccc2Cl)sc2c1CCCC2. The summed E-state index contributed by atoms with van der Waals surface area (Å²) in [6, 6.07) is 7.38. The summed E-state index contributed by atoms with van der Waals surface area (Å²) in [6.07, 6.45) is 4.15. The number of carbonyl (C=O) groups excluding carboxylic acids is 1. The van der Waals surface area contributed by atoms with Gasteiger partial charge in [0.15, 0.2) is 5.11 Å². The Morgan fingerprint density at radius 3 is 2.80 bits per heavy atom. The van der Waals surface area contributed by atoms with Crippen LogP contribution in [0.1, 0.15) is 40.6 Å². The molecule has 3 rings (SSSR count). The summed E-state index contributed by atoms with van der Waals surface area (Å²) in [5, 5.41) is 7.97. The number of benzene rings is 1. The Kier molecular flexibility index (Phi) is 5.93. The Hall–Kier alpha value is -1.63. The molecule has 0 radical (unpaired) electrons. The zero-order valence-corrected chi connectivity index (χ0v) is 16.2. The molecule has 1 aliphatic carbocycles. The first kappa shape index (κ1) is 18.2. The number of rotatable bonds is 4. The standard InChI is InChI=1S/C18H19ClN2O2S2/c1-2-23-17(22)15-11-7-3-6-10-14(11)25-16(15)21-18(24)20-13-9-5-4-8-12(13)19/h4-5,8-9H,2-3,6-7,10H2,1H3,(H2,20,21,24). The molecule has 0 spiro atoms. The third-order valence-corrected chi connectivity index (χ3v) is 5.74. The lowest BCUT2D eigenvalue weighted by molar-refractivity contribution is 0.0526. The molecule has 0 atom stereocenters. The van der Waals surface area contributed by atoms with Crippen molar-refractivity contribution in [1.82, 2.24) is 0 Å². The van der Waals surface area contributed by atoms with E-state index in [-0.39, 0.29) is 5.97 Å². The van der Waals surface area contributed by atoms with Gasteiger partial charge in [0.1, 0.15) is 5.00 Å². The lowest BCUT2D eigenvalue weighted by Gasteiger charge is -2.13. The van der Waals surface area contributed by atoms with E-state index in [0.29, 0.717) is 22.3 Å². The maximum Gasteiger partial charge on any atom is 0.341 e. The topological polar surface area (TPSA) is 50.4 Å². The minimum Gasteiger partial charge on any atom is -0.462 e. The monoisotopic (exact) mass is 394 g/mol. The fourth-order valence-corrected chi connectivity index (χ4v) is 4.63. The van der Waals surface area contributed by atoms with E-state index in [0.717, 1.165) is 41.9 Å². The summed E-state index contributed by atoms with van der Waals surface area (Å²) < 4.78 is 5.25. The first-order valence-electron chi connectivity index (χ1n) is 8.24. The molecule has 1 aromatic carbocycles. The van der Waals surface area contributed by atoms with Crippen LogP contribution < -0.4 is 10.6 Å². The number of nitrogens with one attached hydrogen (secondary N) is 2. The molecule has 0 saturated heterocycles. The third kappa shape index (κ3) is 4.14. The van der Waals surface area contributed by atoms with Gasteiger partial charge in [-0.2, -0.15) is 0 Å². The van der Waals surface area contributed by atoms with E-state index in [9.17, 15) is 4.79 Å². The predicted molar refractivity (Wildman–Crippen MR) is 108 cm³/mol. The summed E-state index contributed by atoms with van der Waals surface area (Å²) in [7, 11) is 0. The fraction of sp³-hybridized carbons (Fsp3) is 0.333. The minimum atomic E-state index is -0.287. The summed E-state index contributed by atoms with van der Waals surface area (Å²) in [5.41, 5.74) is 2.46. The second kappa shape index (κ2) is 8.17. The van der Waals surface area contributed by atoms with E-state index >= 15 is 0 Å². The molecule has 2 aromatic rings. The molecule has 4 nitrogen and oxygen atoms in total. The average molecular weight is 395 g/mol. The molecule has 0 saturated carbocycles. The van der Waals surface area contributed by atoms with Crippen LogP contribution in [-0.4, -0.2) is 17.7 Å². The van der Waals surface area contributed by atoms with Crippen molar-refractivity contribution in [2.24, 2.45) is 0 Å². The Balaban J connectivity index is 1.84. The molecule has 0 bridgehead atoms. The van der Waals surface area contributed by atoms with Crippen LogP contribution in [0.2, 0.25) is 5.02 Å². The maximum absolute atomic E-state index is 12.5. The van der Waals surface area contributed by atoms with Gasteiger partial charge >= 0.3 is 5.97 Å². The first-order chi connectivity index (χ1) is 12.1. The van der Waals surface area contributed by atoms with Crippen LogP contribution in [0.25, 0.3) is 0 Å². The van der Waals surface area contributed by atoms with Gasteiger partial charge in [-0.3, -0.25) is 0 Å². The van der Waals surface area contributed by atoms with Crippen LogP contribution in [0, 0.1) is 0 Å². The molecule has 7 heteroatoms. The van der Waals surface area contributed by atoms with Crippen LogP contribution in [0.5, 0.6) is 0 Å². The molecule has 0 amide bonds. The van der Waals surface area contributed by atoms with Gasteiger partial charge in [0.05, 0.1) is 22.9 Å². The highest BCUT2D eigenvalue weighted by Crippen LogP contribution is 2.38. The number of carbonyl (C=O) groups is 1. The minimum absolute atomic E-state index is 0.287. The molecule has 1 aromatic heterocycles. The van der Waals surface area contributed by atoms with Crippen molar-refractivity contribution < 1.29 is 9.53 Å². The largest absolute Gasteiger partial charge is 0.462 e. The summed E-state index contributed by atoms with van der Waals surface area (Å²) in [4.78, 5) is 13.7. The van der Waals surface area contributed by atoms with Gasteiger partial charge in [-0.15, -0.1) is 11.3 Å². The highest BCUT2D eigenvalue weighted by atomic mass is 35.5. The van der Waals surface area contributed by atoms with Crippen LogP contribution in [0.3, 0.4) is 0 Å². The van der Waals surface area contributed by atoms with Crippen molar-refractivity contribution >= 4 is 56.9 Å². The van der Waals surface area contributed by atoms with Gasteiger partial charge in [0.25, 0.3) is 0 Å².